The van der Waals surface area contributed by atoms with E-state index in [9.17, 15) is 5.11 Å². The molecule has 0 spiro atoms. The highest BCUT2D eigenvalue weighted by Gasteiger charge is 2.21. The van der Waals surface area contributed by atoms with Crippen LogP contribution in [-0.4, -0.2) is 11.7 Å². The number of nitrogens with two attached hydrogens (primary N) is 1. The Morgan fingerprint density at radius 1 is 1.40 bits per heavy atom. The fourth-order valence-corrected chi connectivity index (χ4v) is 2.63. The quantitative estimate of drug-likeness (QED) is 0.543. The van der Waals surface area contributed by atoms with Crippen LogP contribution in [0.1, 0.15) is 30.9 Å². The molecule has 0 aliphatic carbocycles. The normalized spacial score (nSPS) is 21.5. The highest BCUT2D eigenvalue weighted by atomic mass is 79.9. The number of phenols is 1. The number of hydrogen-bond donors (Lipinski definition) is 3. The van der Waals surface area contributed by atoms with E-state index in [1.165, 1.54) is 12.8 Å². The monoisotopic (exact) mass is 270 g/mol. The molecule has 1 heterocycles. The molecule has 4 N–H and O–H groups in total. The maximum atomic E-state index is 9.94. The predicted octanol–water partition coefficient (Wildman–Crippen LogP) is 2.55. The molecule has 82 valence electrons. The van der Waals surface area contributed by atoms with Crippen molar-refractivity contribution in [3.63, 3.8) is 0 Å². The minimum absolute atomic E-state index is 0.212. The number of nitrogen functional groups attached to an aromatic ring is 1. The highest BCUT2D eigenvalue weighted by molar-refractivity contribution is 9.10. The molecule has 1 aliphatic rings. The number of benzene rings is 1. The van der Waals surface area contributed by atoms with Crippen molar-refractivity contribution < 1.29 is 5.11 Å². The average Bonchev–Trinajstić information content (AvgIpc) is 2.26. The zero-order valence-corrected chi connectivity index (χ0v) is 10.0. The molecule has 1 saturated heterocycles. The van der Waals surface area contributed by atoms with Crippen LogP contribution in [0.4, 0.5) is 5.69 Å². The number of anilines is 1. The van der Waals surface area contributed by atoms with Crippen LogP contribution >= 0.6 is 15.9 Å². The summed E-state index contributed by atoms with van der Waals surface area (Å²) < 4.78 is 0.925. The molecule has 1 fully saturated rings. The lowest BCUT2D eigenvalue weighted by Crippen LogP contribution is -2.27. The van der Waals surface area contributed by atoms with Gasteiger partial charge in [-0.1, -0.05) is 22.4 Å². The van der Waals surface area contributed by atoms with Gasteiger partial charge >= 0.3 is 0 Å². The number of rotatable bonds is 1. The standard InChI is InChI=1S/C11H15BrN2O/c12-7-4-5-8(13)11(15)10(7)9-3-1-2-6-14-9/h4-5,9,14-15H,1-3,6,13H2/t9-/m0/s1. The van der Waals surface area contributed by atoms with E-state index in [1.54, 1.807) is 6.07 Å². The van der Waals surface area contributed by atoms with E-state index < -0.39 is 0 Å². The summed E-state index contributed by atoms with van der Waals surface area (Å²) in [6.45, 7) is 1.01. The molecule has 0 unspecified atom stereocenters. The van der Waals surface area contributed by atoms with Crippen LogP contribution in [-0.2, 0) is 0 Å². The zero-order valence-electron chi connectivity index (χ0n) is 8.46. The fourth-order valence-electron chi connectivity index (χ4n) is 2.03. The predicted molar refractivity (Wildman–Crippen MR) is 64.8 cm³/mol. The van der Waals surface area contributed by atoms with Crippen molar-refractivity contribution in [2.24, 2.45) is 0 Å². The Kier molecular flexibility index (Phi) is 3.17. The van der Waals surface area contributed by atoms with Gasteiger partial charge in [0.1, 0.15) is 5.75 Å². The third kappa shape index (κ3) is 2.11. The van der Waals surface area contributed by atoms with Crippen LogP contribution < -0.4 is 11.1 Å². The number of aromatic hydroxyl groups is 1. The Balaban J connectivity index is 2.36. The first-order chi connectivity index (χ1) is 7.20. The second-order valence-corrected chi connectivity index (χ2v) is 4.76. The lowest BCUT2D eigenvalue weighted by molar-refractivity contribution is 0.390. The van der Waals surface area contributed by atoms with Crippen LogP contribution in [0.25, 0.3) is 0 Å². The molecule has 1 aromatic rings. The number of piperidine rings is 1. The Morgan fingerprint density at radius 2 is 2.20 bits per heavy atom. The van der Waals surface area contributed by atoms with E-state index in [1.807, 2.05) is 6.07 Å². The van der Waals surface area contributed by atoms with Gasteiger partial charge in [0.15, 0.2) is 0 Å². The third-order valence-electron chi connectivity index (χ3n) is 2.85. The Labute approximate surface area is 97.8 Å². The molecule has 2 rings (SSSR count). The molecule has 3 nitrogen and oxygen atoms in total. The van der Waals surface area contributed by atoms with Crippen LogP contribution in [0.5, 0.6) is 5.75 Å². The second-order valence-electron chi connectivity index (χ2n) is 3.90. The van der Waals surface area contributed by atoms with Crippen LogP contribution in [0, 0.1) is 0 Å². The summed E-state index contributed by atoms with van der Waals surface area (Å²) in [6, 6.07) is 3.82. The van der Waals surface area contributed by atoms with E-state index in [4.69, 9.17) is 5.73 Å². The summed E-state index contributed by atoms with van der Waals surface area (Å²) in [5, 5.41) is 13.3. The lowest BCUT2D eigenvalue weighted by atomic mass is 9.96. The van der Waals surface area contributed by atoms with Gasteiger partial charge in [0.2, 0.25) is 0 Å². The van der Waals surface area contributed by atoms with Crippen LogP contribution in [0.2, 0.25) is 0 Å². The van der Waals surface area contributed by atoms with Gasteiger partial charge < -0.3 is 16.2 Å². The van der Waals surface area contributed by atoms with E-state index in [0.29, 0.717) is 5.69 Å². The van der Waals surface area contributed by atoms with Gasteiger partial charge in [0.25, 0.3) is 0 Å². The van der Waals surface area contributed by atoms with Crippen molar-refractivity contribution in [3.8, 4) is 5.75 Å². The lowest BCUT2D eigenvalue weighted by Gasteiger charge is -2.25. The molecule has 0 saturated carbocycles. The summed E-state index contributed by atoms with van der Waals surface area (Å²) in [6.07, 6.45) is 3.45. The van der Waals surface area contributed by atoms with E-state index >= 15 is 0 Å². The van der Waals surface area contributed by atoms with Crippen molar-refractivity contribution in [2.75, 3.05) is 12.3 Å². The Hall–Kier alpha value is -0.740. The second kappa shape index (κ2) is 4.41. The van der Waals surface area contributed by atoms with E-state index in [2.05, 4.69) is 21.2 Å². The zero-order chi connectivity index (χ0) is 10.8. The Morgan fingerprint density at radius 3 is 2.87 bits per heavy atom. The molecule has 0 aromatic heterocycles. The summed E-state index contributed by atoms with van der Waals surface area (Å²) in [7, 11) is 0. The maximum Gasteiger partial charge on any atom is 0.144 e. The van der Waals surface area contributed by atoms with Crippen LogP contribution in [0.3, 0.4) is 0 Å². The van der Waals surface area contributed by atoms with Gasteiger partial charge in [-0.25, -0.2) is 0 Å². The van der Waals surface area contributed by atoms with Gasteiger partial charge in [-0.05, 0) is 31.5 Å². The first kappa shape index (κ1) is 10.8. The Bertz CT molecular complexity index is 362. The number of nitrogens with one attached hydrogen (secondary N) is 1. The van der Waals surface area contributed by atoms with Gasteiger partial charge in [-0.15, -0.1) is 0 Å². The van der Waals surface area contributed by atoms with Crippen molar-refractivity contribution in [2.45, 2.75) is 25.3 Å². The van der Waals surface area contributed by atoms with Gasteiger partial charge in [-0.3, -0.25) is 0 Å². The van der Waals surface area contributed by atoms with Crippen molar-refractivity contribution >= 4 is 21.6 Å². The third-order valence-corrected chi connectivity index (χ3v) is 3.55. The molecule has 1 atom stereocenters. The minimum atomic E-state index is 0.212. The van der Waals surface area contributed by atoms with Gasteiger partial charge in [0, 0.05) is 16.1 Å². The summed E-state index contributed by atoms with van der Waals surface area (Å²) in [4.78, 5) is 0. The number of hydrogen-bond acceptors (Lipinski definition) is 3. The molecule has 0 bridgehead atoms. The molecule has 15 heavy (non-hydrogen) atoms. The van der Waals surface area contributed by atoms with Crippen LogP contribution in [0.15, 0.2) is 16.6 Å². The molecular weight excluding hydrogens is 256 g/mol. The minimum Gasteiger partial charge on any atom is -0.505 e. The van der Waals surface area contributed by atoms with Gasteiger partial charge in [-0.2, -0.15) is 0 Å². The maximum absolute atomic E-state index is 9.94. The van der Waals surface area contributed by atoms with E-state index in [0.717, 1.165) is 23.0 Å². The molecule has 0 amide bonds. The van der Waals surface area contributed by atoms with Crippen molar-refractivity contribution in [3.05, 3.63) is 22.2 Å². The largest absolute Gasteiger partial charge is 0.505 e. The molecular formula is C11H15BrN2O. The summed E-state index contributed by atoms with van der Waals surface area (Å²) in [5.41, 5.74) is 7.04. The number of halogens is 1. The smallest absolute Gasteiger partial charge is 0.144 e. The highest BCUT2D eigenvalue weighted by Crippen LogP contribution is 2.38. The van der Waals surface area contributed by atoms with E-state index in [-0.39, 0.29) is 11.8 Å². The fraction of sp³-hybridized carbons (Fsp3) is 0.455. The summed E-state index contributed by atoms with van der Waals surface area (Å²) >= 11 is 3.46. The molecule has 1 aliphatic heterocycles. The SMILES string of the molecule is Nc1ccc(Br)c([C@@H]2CCCCN2)c1O. The average molecular weight is 271 g/mol. The number of phenolic OH excluding ortho intramolecular Hbond substituents is 1. The first-order valence-electron chi connectivity index (χ1n) is 5.20. The van der Waals surface area contributed by atoms with Crippen molar-refractivity contribution in [1.82, 2.24) is 5.32 Å². The van der Waals surface area contributed by atoms with Crippen molar-refractivity contribution in [1.29, 1.82) is 0 Å². The summed E-state index contributed by atoms with van der Waals surface area (Å²) in [5.74, 6) is 0.212. The van der Waals surface area contributed by atoms with Gasteiger partial charge in [0.05, 0.1) is 5.69 Å². The molecule has 1 aromatic carbocycles. The molecule has 0 radical (unpaired) electrons. The topological polar surface area (TPSA) is 58.3 Å². The molecule has 4 heteroatoms. The first-order valence-corrected chi connectivity index (χ1v) is 5.99.